The molecular weight excluding hydrogens is 569 g/mol. The second-order valence-electron chi connectivity index (χ2n) is 12.2. The minimum Gasteiger partial charge on any atom is -0.459 e. The highest BCUT2D eigenvalue weighted by molar-refractivity contribution is 8.15. The summed E-state index contributed by atoms with van der Waals surface area (Å²) in [6, 6.07) is 0. The molecule has 0 N–H and O–H groups in total. The predicted octanol–water partition coefficient (Wildman–Crippen LogP) is 5.95. The molecule has 2 bridgehead atoms. The summed E-state index contributed by atoms with van der Waals surface area (Å²) in [6.45, 7) is 11.1. The second-order valence-corrected chi connectivity index (χ2v) is 13.8. The van der Waals surface area contributed by atoms with E-state index in [9.17, 15) is 4.79 Å². The Morgan fingerprint density at radius 2 is 2.12 bits per heavy atom. The molecule has 0 aromatic rings. The first-order valence-electron chi connectivity index (χ1n) is 15.7. The Bertz CT molecular complexity index is 1010. The van der Waals surface area contributed by atoms with Crippen LogP contribution < -0.4 is 0 Å². The molecule has 2 fully saturated rings. The molecule has 0 aromatic heterocycles. The summed E-state index contributed by atoms with van der Waals surface area (Å²) in [5.74, 6) is 0.0565. The van der Waals surface area contributed by atoms with Crippen LogP contribution in [0.3, 0.4) is 0 Å². The lowest BCUT2D eigenvalue weighted by atomic mass is 9.91. The Hall–Kier alpha value is -0.860. The van der Waals surface area contributed by atoms with Crippen LogP contribution in [0.25, 0.3) is 0 Å². The first-order valence-corrected chi connectivity index (χ1v) is 17.7. The lowest BCUT2D eigenvalue weighted by Crippen LogP contribution is -2.35. The van der Waals surface area contributed by atoms with Gasteiger partial charge in [0.25, 0.3) is 0 Å². The van der Waals surface area contributed by atoms with Gasteiger partial charge in [0.15, 0.2) is 0 Å². The van der Waals surface area contributed by atoms with E-state index in [4.69, 9.17) is 36.6 Å². The number of epoxide rings is 1. The molecule has 4 rings (SSSR count). The highest BCUT2D eigenvalue weighted by Gasteiger charge is 2.43. The molecule has 0 amide bonds. The molecular formula is C31H46B2O7PS. The van der Waals surface area contributed by atoms with E-state index in [1.165, 1.54) is 11.1 Å². The maximum atomic E-state index is 13.5. The lowest BCUT2D eigenvalue weighted by Gasteiger charge is -2.31. The Labute approximate surface area is 261 Å². The molecule has 0 aliphatic carbocycles. The van der Waals surface area contributed by atoms with Gasteiger partial charge in [0.1, 0.15) is 19.8 Å². The molecule has 11 heteroatoms. The minimum absolute atomic E-state index is 0.0244. The molecule has 2 saturated heterocycles. The third-order valence-electron chi connectivity index (χ3n) is 8.15. The molecule has 4 aliphatic heterocycles. The van der Waals surface area contributed by atoms with Crippen molar-refractivity contribution in [3.8, 4) is 0 Å². The van der Waals surface area contributed by atoms with Gasteiger partial charge in [0.05, 0.1) is 49.7 Å². The number of hydrogen-bond acceptors (Lipinski definition) is 8. The lowest BCUT2D eigenvalue weighted by molar-refractivity contribution is -0.155. The maximum absolute atomic E-state index is 13.5. The standard InChI is InChI=1S/C31H46B2O7PS/c1-20-8-10-27-29(37-27)19-30(28(39-41(4)32)11-9-23-15-21(2)12-13-35-23)38-31(34)18-26(40-42-33)17-25-7-5-6-24(36-25)16-22(3)14-20/h5,7,9,11-12,22-30,33H,1,6,8,10,13-19H2,2-4H3/b11-9+/t22-,23+,24-,25-,26-,27-,28+,29-,30-,41?/m0/s1/i33T. The van der Waals surface area contributed by atoms with E-state index < -0.39 is 32.3 Å². The van der Waals surface area contributed by atoms with Crippen molar-refractivity contribution in [2.24, 2.45) is 5.92 Å². The van der Waals surface area contributed by atoms with E-state index in [-0.39, 0.29) is 36.9 Å². The van der Waals surface area contributed by atoms with Crippen LogP contribution in [0.5, 0.6) is 0 Å². The number of ether oxygens (including phenoxy) is 4. The third kappa shape index (κ3) is 11.6. The van der Waals surface area contributed by atoms with Crippen LogP contribution >= 0.6 is 19.9 Å². The Kier molecular flexibility index (Phi) is 13.2. The summed E-state index contributed by atoms with van der Waals surface area (Å²) < 4.78 is 44.0. The topological polar surface area (TPSA) is 75.8 Å². The van der Waals surface area contributed by atoms with E-state index in [0.717, 1.165) is 57.5 Å². The summed E-state index contributed by atoms with van der Waals surface area (Å²) in [4.78, 5) is 13.5. The predicted molar refractivity (Wildman–Crippen MR) is 172 cm³/mol. The highest BCUT2D eigenvalue weighted by Crippen LogP contribution is 2.37. The number of carbonyl (C=O) groups is 1. The average Bonchev–Trinajstić information content (AvgIpc) is 3.69. The zero-order chi connectivity index (χ0) is 30.8. The Balaban J connectivity index is 1.53. The van der Waals surface area contributed by atoms with E-state index in [2.05, 4.69) is 32.6 Å². The Morgan fingerprint density at radius 3 is 2.90 bits per heavy atom. The summed E-state index contributed by atoms with van der Waals surface area (Å²) in [5, 5.41) is 0. The van der Waals surface area contributed by atoms with Gasteiger partial charge in [-0.2, -0.15) is 0 Å². The molecule has 0 spiro atoms. The van der Waals surface area contributed by atoms with Crippen LogP contribution in [-0.4, -0.2) is 84.1 Å². The highest BCUT2D eigenvalue weighted by atomic mass is 32.2. The van der Waals surface area contributed by atoms with Crippen LogP contribution in [0.15, 0.2) is 48.1 Å². The van der Waals surface area contributed by atoms with Gasteiger partial charge >= 0.3 is 5.97 Å². The molecule has 4 heterocycles. The normalized spacial score (nSPS) is 36.9. The number of hydrogen-bond donors (Lipinski definition) is 0. The number of carbonyl (C=O) groups excluding carboxylic acids is 1. The quantitative estimate of drug-likeness (QED) is 0.0827. The molecule has 0 aromatic carbocycles. The van der Waals surface area contributed by atoms with Crippen LogP contribution in [0.1, 0.15) is 71.6 Å². The van der Waals surface area contributed by atoms with Crippen molar-refractivity contribution in [1.82, 2.24) is 0 Å². The van der Waals surface area contributed by atoms with Crippen molar-refractivity contribution >= 4 is 40.5 Å². The summed E-state index contributed by atoms with van der Waals surface area (Å²) in [5.41, 5.74) is 2.51. The van der Waals surface area contributed by atoms with Gasteiger partial charge in [0, 0.05) is 12.8 Å². The van der Waals surface area contributed by atoms with Gasteiger partial charge in [0.2, 0.25) is 7.09 Å². The number of allylic oxidation sites excluding steroid dienone is 1. The molecule has 0 saturated carbocycles. The maximum Gasteiger partial charge on any atom is 0.308 e. The van der Waals surface area contributed by atoms with Crippen molar-refractivity contribution < 1.29 is 32.4 Å². The minimum atomic E-state index is -1.23. The SMILES string of the molecule is [3H][B]SO[C@@H]1CC(=O)O[C@H]([C@@H](/C=C/[C@@H]2CC(C)=CCO2)OP([B])C)C[C@@H]2O[C@H]2CCC(=C)C[C@H](C)C[C@@H]2CC=C[C@@H](C1)O2. The first kappa shape index (κ1) is 32.5. The number of rotatable bonds is 8. The van der Waals surface area contributed by atoms with Gasteiger partial charge in [-0.05, 0) is 67.4 Å². The van der Waals surface area contributed by atoms with Crippen LogP contribution in [0.2, 0.25) is 0 Å². The molecule has 4 aliphatic rings. The van der Waals surface area contributed by atoms with Crippen molar-refractivity contribution in [1.29, 1.82) is 1.34 Å². The van der Waals surface area contributed by atoms with Gasteiger partial charge in [-0.1, -0.05) is 66.9 Å². The van der Waals surface area contributed by atoms with Gasteiger partial charge in [-0.25, -0.2) is 0 Å². The molecule has 229 valence electrons. The van der Waals surface area contributed by atoms with Gasteiger partial charge in [-0.3, -0.25) is 4.79 Å². The van der Waals surface area contributed by atoms with Gasteiger partial charge < -0.3 is 27.7 Å². The zero-order valence-electron chi connectivity index (χ0n) is 26.2. The Morgan fingerprint density at radius 1 is 1.26 bits per heavy atom. The van der Waals surface area contributed by atoms with Crippen molar-refractivity contribution in [3.05, 3.63) is 48.1 Å². The monoisotopic (exact) mass is 617 g/mol. The fraction of sp³-hybridized carbons (Fsp3) is 0.710. The summed E-state index contributed by atoms with van der Waals surface area (Å²) >= 11 is 0.908. The molecule has 42 heavy (non-hydrogen) atoms. The van der Waals surface area contributed by atoms with E-state index >= 15 is 0 Å². The van der Waals surface area contributed by atoms with E-state index in [1.807, 2.05) is 24.9 Å². The smallest absolute Gasteiger partial charge is 0.308 e. The van der Waals surface area contributed by atoms with E-state index in [0.29, 0.717) is 25.4 Å². The molecule has 3 radical (unpaired) electrons. The third-order valence-corrected chi connectivity index (χ3v) is 9.11. The average molecular weight is 617 g/mol. The van der Waals surface area contributed by atoms with Crippen molar-refractivity contribution in [3.63, 3.8) is 0 Å². The van der Waals surface area contributed by atoms with Gasteiger partial charge in [-0.15, -0.1) is 0 Å². The fourth-order valence-corrected chi connectivity index (χ4v) is 6.95. The van der Waals surface area contributed by atoms with Crippen LogP contribution in [0.4, 0.5) is 0 Å². The molecule has 1 unspecified atom stereocenters. The number of cyclic esters (lactones) is 1. The van der Waals surface area contributed by atoms with Crippen LogP contribution in [-0.2, 0) is 32.4 Å². The molecule has 7 nitrogen and oxygen atoms in total. The summed E-state index contributed by atoms with van der Waals surface area (Å²) in [6.07, 6.45) is 14.9. The van der Waals surface area contributed by atoms with Crippen molar-refractivity contribution in [2.45, 2.75) is 120 Å². The summed E-state index contributed by atoms with van der Waals surface area (Å²) in [7, 11) is 6.04. The molecule has 10 atom stereocenters. The van der Waals surface area contributed by atoms with Crippen molar-refractivity contribution in [2.75, 3.05) is 13.3 Å². The van der Waals surface area contributed by atoms with Crippen LogP contribution in [0, 0.1) is 5.92 Å². The first-order chi connectivity index (χ1) is 20.7. The zero-order valence-corrected chi connectivity index (χ0v) is 26.9. The largest absolute Gasteiger partial charge is 0.459 e. The number of esters is 1. The fourth-order valence-electron chi connectivity index (χ4n) is 6.05. The number of fused-ring (bicyclic) bond motifs is 3. The van der Waals surface area contributed by atoms with E-state index in [1.54, 1.807) is 0 Å². The second kappa shape index (κ2) is 17.0.